The van der Waals surface area contributed by atoms with Gasteiger partial charge in [0.05, 0.1) is 31.0 Å². The molecular weight excluding hydrogens is 560 g/mol. The van der Waals surface area contributed by atoms with Gasteiger partial charge in [0.1, 0.15) is 0 Å². The number of rotatable bonds is 9. The molecule has 2 N–H and O–H groups in total. The Morgan fingerprint density at radius 1 is 0.550 bits per heavy atom. The number of benzene rings is 4. The van der Waals surface area contributed by atoms with Gasteiger partial charge in [0.25, 0.3) is 31.4 Å². The van der Waals surface area contributed by atoms with Gasteiger partial charge in [-0.2, -0.15) is 0 Å². The van der Waals surface area contributed by atoms with Gasteiger partial charge in [0.15, 0.2) is 0 Å². The first kappa shape index (κ1) is 28.2. The summed E-state index contributed by atoms with van der Waals surface area (Å²) < 4.78 is 56.1. The maximum atomic E-state index is 12.8. The van der Waals surface area contributed by atoms with Crippen LogP contribution in [0.25, 0.3) is 11.1 Å². The molecule has 0 heterocycles. The second-order valence-electron chi connectivity index (χ2n) is 8.77. The molecule has 4 rings (SSSR count). The smallest absolute Gasteiger partial charge is 0.269 e. The fourth-order valence-corrected chi connectivity index (χ4v) is 6.08. The van der Waals surface area contributed by atoms with Crippen LogP contribution in [0.5, 0.6) is 0 Å². The van der Waals surface area contributed by atoms with Crippen LogP contribution in [-0.2, 0) is 20.0 Å². The van der Waals surface area contributed by atoms with Gasteiger partial charge < -0.3 is 0 Å². The second kappa shape index (κ2) is 10.7. The molecule has 206 valence electrons. The van der Waals surface area contributed by atoms with Gasteiger partial charge in [0, 0.05) is 24.3 Å². The van der Waals surface area contributed by atoms with Gasteiger partial charge in [-0.05, 0) is 84.6 Å². The molecule has 0 aliphatic heterocycles. The van der Waals surface area contributed by atoms with Crippen LogP contribution in [0, 0.1) is 34.1 Å². The molecule has 40 heavy (non-hydrogen) atoms. The van der Waals surface area contributed by atoms with E-state index in [1.165, 1.54) is 0 Å². The van der Waals surface area contributed by atoms with Crippen LogP contribution in [0.1, 0.15) is 11.1 Å². The molecule has 0 aliphatic carbocycles. The van der Waals surface area contributed by atoms with Crippen LogP contribution in [0.15, 0.2) is 94.7 Å². The standard InChI is InChI=1S/C26H22N4O8S2/c1-17-15-19(3-13-25(17)27-39(35,36)23-9-5-21(6-10-23)29(31)32)20-4-14-26(18(2)16-20)28-40(37,38)24-11-7-22(8-12-24)30(33)34/h3-16,27-28H,1-2H3. The molecule has 0 spiro atoms. The minimum Gasteiger partial charge on any atom is -0.279 e. The Labute approximate surface area is 229 Å². The van der Waals surface area contributed by atoms with Gasteiger partial charge in [-0.15, -0.1) is 0 Å². The van der Waals surface area contributed by atoms with Crippen LogP contribution >= 0.6 is 0 Å². The maximum Gasteiger partial charge on any atom is 0.269 e. The number of nitro groups is 2. The Morgan fingerprint density at radius 2 is 0.875 bits per heavy atom. The van der Waals surface area contributed by atoms with E-state index in [9.17, 15) is 37.1 Å². The zero-order chi connectivity index (χ0) is 29.2. The monoisotopic (exact) mass is 582 g/mol. The molecule has 0 atom stereocenters. The lowest BCUT2D eigenvalue weighted by Gasteiger charge is -2.14. The van der Waals surface area contributed by atoms with Gasteiger partial charge in [-0.3, -0.25) is 29.7 Å². The first-order valence-electron chi connectivity index (χ1n) is 11.5. The first-order valence-corrected chi connectivity index (χ1v) is 14.5. The van der Waals surface area contributed by atoms with Crippen molar-refractivity contribution in [3.63, 3.8) is 0 Å². The fraction of sp³-hybridized carbons (Fsp3) is 0.0769. The average molecular weight is 583 g/mol. The molecular formula is C26H22N4O8S2. The van der Waals surface area contributed by atoms with Crippen LogP contribution in [0.4, 0.5) is 22.7 Å². The number of sulfonamides is 2. The Morgan fingerprint density at radius 3 is 1.15 bits per heavy atom. The number of aryl methyl sites for hydroxylation is 2. The lowest BCUT2D eigenvalue weighted by atomic mass is 10.0. The van der Waals surface area contributed by atoms with Crippen molar-refractivity contribution < 1.29 is 26.7 Å². The number of hydrogen-bond acceptors (Lipinski definition) is 8. The van der Waals surface area contributed by atoms with Crippen molar-refractivity contribution in [3.05, 3.63) is 116 Å². The number of anilines is 2. The highest BCUT2D eigenvalue weighted by Gasteiger charge is 2.19. The van der Waals surface area contributed by atoms with Crippen LogP contribution in [0.3, 0.4) is 0 Å². The van der Waals surface area contributed by atoms with Gasteiger partial charge in [0.2, 0.25) is 0 Å². The predicted octanol–water partition coefficient (Wildman–Crippen LogP) is 5.39. The van der Waals surface area contributed by atoms with E-state index in [2.05, 4.69) is 9.44 Å². The Hall–Kier alpha value is -4.82. The summed E-state index contributed by atoms with van der Waals surface area (Å²) in [5.41, 5.74) is 2.94. The number of nitrogens with zero attached hydrogens (tertiary/aromatic N) is 2. The molecule has 0 saturated heterocycles. The Balaban J connectivity index is 1.52. The summed E-state index contributed by atoms with van der Waals surface area (Å²) in [6.07, 6.45) is 0. The third-order valence-corrected chi connectivity index (χ3v) is 8.75. The van der Waals surface area contributed by atoms with E-state index in [4.69, 9.17) is 0 Å². The highest BCUT2D eigenvalue weighted by atomic mass is 32.2. The average Bonchev–Trinajstić information content (AvgIpc) is 2.91. The molecule has 12 nitrogen and oxygen atoms in total. The fourth-order valence-electron chi connectivity index (χ4n) is 3.82. The number of non-ortho nitro benzene ring substituents is 2. The van der Waals surface area contributed by atoms with Crippen LogP contribution in [0.2, 0.25) is 0 Å². The normalized spacial score (nSPS) is 11.6. The van der Waals surface area contributed by atoms with E-state index in [0.717, 1.165) is 59.7 Å². The van der Waals surface area contributed by atoms with Crippen molar-refractivity contribution in [2.24, 2.45) is 0 Å². The van der Waals surface area contributed by atoms with Crippen molar-refractivity contribution in [1.82, 2.24) is 0 Å². The van der Waals surface area contributed by atoms with Crippen molar-refractivity contribution in [2.45, 2.75) is 23.6 Å². The summed E-state index contributed by atoms with van der Waals surface area (Å²) in [4.78, 5) is 20.2. The molecule has 0 aromatic heterocycles. The van der Waals surface area contributed by atoms with E-state index in [0.29, 0.717) is 22.5 Å². The highest BCUT2D eigenvalue weighted by molar-refractivity contribution is 7.93. The van der Waals surface area contributed by atoms with E-state index >= 15 is 0 Å². The summed E-state index contributed by atoms with van der Waals surface area (Å²) in [5, 5.41) is 21.7. The molecule has 4 aromatic carbocycles. The lowest BCUT2D eigenvalue weighted by molar-refractivity contribution is -0.385. The first-order chi connectivity index (χ1) is 18.8. The number of nitro benzene ring substituents is 2. The zero-order valence-corrected chi connectivity index (χ0v) is 22.7. The molecule has 0 saturated carbocycles. The summed E-state index contributed by atoms with van der Waals surface area (Å²) in [6.45, 7) is 3.44. The van der Waals surface area contributed by atoms with Crippen molar-refractivity contribution in [2.75, 3.05) is 9.44 Å². The van der Waals surface area contributed by atoms with E-state index < -0.39 is 29.9 Å². The Bertz CT molecular complexity index is 1700. The third-order valence-electron chi connectivity index (χ3n) is 5.99. The van der Waals surface area contributed by atoms with Crippen LogP contribution < -0.4 is 9.44 Å². The molecule has 0 amide bonds. The molecule has 0 bridgehead atoms. The van der Waals surface area contributed by atoms with E-state index in [1.54, 1.807) is 50.2 Å². The number of hydrogen-bond donors (Lipinski definition) is 2. The molecule has 4 aromatic rings. The van der Waals surface area contributed by atoms with Gasteiger partial charge in [-0.1, -0.05) is 12.1 Å². The molecule has 0 unspecified atom stereocenters. The summed E-state index contributed by atoms with van der Waals surface area (Å²) in [5.74, 6) is 0. The summed E-state index contributed by atoms with van der Waals surface area (Å²) >= 11 is 0. The predicted molar refractivity (Wildman–Crippen MR) is 149 cm³/mol. The van der Waals surface area contributed by atoms with Crippen LogP contribution in [-0.4, -0.2) is 26.7 Å². The topological polar surface area (TPSA) is 179 Å². The SMILES string of the molecule is Cc1cc(-c2ccc(NS(=O)(=O)c3ccc([N+](=O)[O-])cc3)c(C)c2)ccc1NS(=O)(=O)c1ccc([N+](=O)[O-])cc1. The second-order valence-corrected chi connectivity index (χ2v) is 12.1. The molecule has 0 radical (unpaired) electrons. The lowest BCUT2D eigenvalue weighted by Crippen LogP contribution is -2.14. The molecule has 14 heteroatoms. The minimum absolute atomic E-state index is 0.121. The van der Waals surface area contributed by atoms with E-state index in [1.807, 2.05) is 0 Å². The highest BCUT2D eigenvalue weighted by Crippen LogP contribution is 2.30. The number of nitrogens with one attached hydrogen (secondary N) is 2. The molecule has 0 fully saturated rings. The van der Waals surface area contributed by atoms with Gasteiger partial charge >= 0.3 is 0 Å². The van der Waals surface area contributed by atoms with Crippen molar-refractivity contribution in [3.8, 4) is 11.1 Å². The minimum atomic E-state index is -3.99. The third kappa shape index (κ3) is 6.08. The largest absolute Gasteiger partial charge is 0.279 e. The van der Waals surface area contributed by atoms with E-state index in [-0.39, 0.29) is 21.2 Å². The summed E-state index contributed by atoms with van der Waals surface area (Å²) in [7, 11) is -7.97. The van der Waals surface area contributed by atoms with Crippen molar-refractivity contribution >= 4 is 42.8 Å². The molecule has 0 aliphatic rings. The maximum absolute atomic E-state index is 12.8. The Kier molecular flexibility index (Phi) is 7.57. The quantitative estimate of drug-likeness (QED) is 0.195. The van der Waals surface area contributed by atoms with Gasteiger partial charge in [-0.25, -0.2) is 16.8 Å². The van der Waals surface area contributed by atoms with Crippen molar-refractivity contribution in [1.29, 1.82) is 0 Å². The summed E-state index contributed by atoms with van der Waals surface area (Å²) in [6, 6.07) is 19.2. The zero-order valence-electron chi connectivity index (χ0n) is 21.1.